The van der Waals surface area contributed by atoms with E-state index in [4.69, 9.17) is 0 Å². The first kappa shape index (κ1) is 19.3. The van der Waals surface area contributed by atoms with Gasteiger partial charge in [-0.25, -0.2) is 19.3 Å². The Labute approximate surface area is 175 Å². The fraction of sp³-hybridized carbons (Fsp3) is 0.182. The van der Waals surface area contributed by atoms with E-state index in [1.807, 2.05) is 45.0 Å². The number of aromatic amines is 1. The van der Waals surface area contributed by atoms with Crippen molar-refractivity contribution in [2.24, 2.45) is 0 Å². The van der Waals surface area contributed by atoms with Gasteiger partial charge < -0.3 is 5.11 Å². The smallest absolute Gasteiger partial charge is 0.356 e. The maximum Gasteiger partial charge on any atom is 0.356 e. The van der Waals surface area contributed by atoms with Gasteiger partial charge in [0.2, 0.25) is 0 Å². The lowest BCUT2D eigenvalue weighted by Crippen LogP contribution is -2.29. The van der Waals surface area contributed by atoms with Gasteiger partial charge in [-0.05, 0) is 40.6 Å². The number of phenolic OH excluding ortho intramolecular Hbond substituents is 1. The summed E-state index contributed by atoms with van der Waals surface area (Å²) in [6.45, 7) is 6.07. The van der Waals surface area contributed by atoms with Crippen LogP contribution in [0.5, 0.6) is 5.75 Å². The molecule has 0 saturated heterocycles. The molecule has 0 bridgehead atoms. The minimum Gasteiger partial charge on any atom is -0.506 e. The molecular formula is C22H20BrN3O3. The molecule has 1 aromatic heterocycles. The number of rotatable bonds is 2. The molecule has 4 rings (SSSR count). The molecule has 29 heavy (non-hydrogen) atoms. The number of benzene rings is 3. The molecule has 0 aliphatic rings. The second-order valence-electron chi connectivity index (χ2n) is 7.94. The van der Waals surface area contributed by atoms with E-state index in [-0.39, 0.29) is 16.9 Å². The van der Waals surface area contributed by atoms with Crippen LogP contribution in [0.3, 0.4) is 0 Å². The Kier molecular flexibility index (Phi) is 4.50. The number of hydrogen-bond donors (Lipinski definition) is 2. The van der Waals surface area contributed by atoms with Gasteiger partial charge in [-0.1, -0.05) is 67.0 Å². The van der Waals surface area contributed by atoms with E-state index in [2.05, 4.69) is 21.0 Å². The van der Waals surface area contributed by atoms with E-state index in [9.17, 15) is 14.7 Å². The van der Waals surface area contributed by atoms with Crippen LogP contribution in [0.25, 0.3) is 22.1 Å². The SMILES string of the molecule is CC(C)(C)c1ccccc1-n1c(=O)[nH]n(-c2c(O)ccc3ccc(Br)cc23)c1=O. The lowest BCUT2D eigenvalue weighted by molar-refractivity contribution is 0.470. The third kappa shape index (κ3) is 3.21. The summed E-state index contributed by atoms with van der Waals surface area (Å²) < 4.78 is 3.01. The summed E-state index contributed by atoms with van der Waals surface area (Å²) >= 11 is 3.42. The van der Waals surface area contributed by atoms with Gasteiger partial charge in [0, 0.05) is 9.86 Å². The van der Waals surface area contributed by atoms with E-state index >= 15 is 0 Å². The number of halogens is 1. The van der Waals surface area contributed by atoms with Crippen molar-refractivity contribution in [3.05, 3.63) is 85.6 Å². The molecule has 6 nitrogen and oxygen atoms in total. The summed E-state index contributed by atoms with van der Waals surface area (Å²) in [5.41, 5.74) is 0.211. The fourth-order valence-electron chi connectivity index (χ4n) is 3.55. The van der Waals surface area contributed by atoms with Gasteiger partial charge in [-0.3, -0.25) is 0 Å². The van der Waals surface area contributed by atoms with Crippen LogP contribution in [-0.4, -0.2) is 19.5 Å². The van der Waals surface area contributed by atoms with E-state index in [0.29, 0.717) is 11.1 Å². The van der Waals surface area contributed by atoms with Gasteiger partial charge in [-0.2, -0.15) is 4.68 Å². The normalized spacial score (nSPS) is 11.9. The highest BCUT2D eigenvalue weighted by atomic mass is 79.9. The standard InChI is InChI=1S/C22H20BrN3O3/c1-22(2,3)16-6-4-5-7-17(16)25-20(28)24-26(21(25)29)19-15-12-14(23)10-8-13(15)9-11-18(19)27/h4-12,27H,1-3H3,(H,24,28). The van der Waals surface area contributed by atoms with Gasteiger partial charge in [0.05, 0.1) is 5.69 Å². The Bertz CT molecular complexity index is 1350. The molecule has 7 heteroatoms. The van der Waals surface area contributed by atoms with Crippen molar-refractivity contribution in [3.63, 3.8) is 0 Å². The molecule has 0 unspecified atom stereocenters. The highest BCUT2D eigenvalue weighted by molar-refractivity contribution is 9.10. The van der Waals surface area contributed by atoms with Crippen molar-refractivity contribution in [2.75, 3.05) is 0 Å². The molecule has 0 aliphatic carbocycles. The molecule has 0 radical (unpaired) electrons. The predicted molar refractivity (Wildman–Crippen MR) is 118 cm³/mol. The number of H-pyrrole nitrogens is 1. The summed E-state index contributed by atoms with van der Waals surface area (Å²) in [5, 5.41) is 14.6. The maximum atomic E-state index is 13.3. The second kappa shape index (κ2) is 6.77. The Balaban J connectivity index is 2.05. The molecule has 4 aromatic rings. The zero-order chi connectivity index (χ0) is 20.9. The average Bonchev–Trinajstić information content (AvgIpc) is 2.94. The Hall–Kier alpha value is -3.06. The first-order valence-electron chi connectivity index (χ1n) is 9.14. The van der Waals surface area contributed by atoms with Crippen molar-refractivity contribution in [1.29, 1.82) is 0 Å². The highest BCUT2D eigenvalue weighted by Gasteiger charge is 2.23. The minimum atomic E-state index is -0.575. The minimum absolute atomic E-state index is 0.102. The van der Waals surface area contributed by atoms with Gasteiger partial charge in [0.1, 0.15) is 11.4 Å². The summed E-state index contributed by atoms with van der Waals surface area (Å²) in [6, 6.07) is 16.2. The number of nitrogens with one attached hydrogen (secondary N) is 1. The van der Waals surface area contributed by atoms with Crippen molar-refractivity contribution >= 4 is 26.7 Å². The Morgan fingerprint density at radius 1 is 1.00 bits per heavy atom. The van der Waals surface area contributed by atoms with Crippen molar-refractivity contribution in [2.45, 2.75) is 26.2 Å². The third-order valence-electron chi connectivity index (χ3n) is 4.90. The molecule has 3 aromatic carbocycles. The number of nitrogens with zero attached hydrogens (tertiary/aromatic N) is 2. The van der Waals surface area contributed by atoms with Crippen LogP contribution in [0.4, 0.5) is 0 Å². The van der Waals surface area contributed by atoms with E-state index in [1.54, 1.807) is 24.3 Å². The van der Waals surface area contributed by atoms with E-state index in [0.717, 1.165) is 24.7 Å². The Morgan fingerprint density at radius 2 is 1.69 bits per heavy atom. The zero-order valence-electron chi connectivity index (χ0n) is 16.2. The quantitative estimate of drug-likeness (QED) is 0.476. The van der Waals surface area contributed by atoms with E-state index in [1.165, 1.54) is 6.07 Å². The van der Waals surface area contributed by atoms with Crippen LogP contribution in [0, 0.1) is 0 Å². The first-order valence-corrected chi connectivity index (χ1v) is 9.93. The van der Waals surface area contributed by atoms with E-state index < -0.39 is 11.4 Å². The molecule has 0 aliphatic heterocycles. The van der Waals surface area contributed by atoms with Crippen molar-refractivity contribution < 1.29 is 5.11 Å². The van der Waals surface area contributed by atoms with Crippen molar-refractivity contribution in [1.82, 2.24) is 14.3 Å². The number of aromatic hydroxyl groups is 1. The lowest BCUT2D eigenvalue weighted by Gasteiger charge is -2.22. The zero-order valence-corrected chi connectivity index (χ0v) is 17.8. The largest absolute Gasteiger partial charge is 0.506 e. The van der Waals surface area contributed by atoms with Crippen molar-refractivity contribution in [3.8, 4) is 17.1 Å². The molecule has 0 spiro atoms. The highest BCUT2D eigenvalue weighted by Crippen LogP contribution is 2.32. The number of hydrogen-bond acceptors (Lipinski definition) is 3. The third-order valence-corrected chi connectivity index (χ3v) is 5.40. The second-order valence-corrected chi connectivity index (χ2v) is 8.85. The van der Waals surface area contributed by atoms with Crippen LogP contribution >= 0.6 is 15.9 Å². The van der Waals surface area contributed by atoms with Crippen LogP contribution in [0.2, 0.25) is 0 Å². The summed E-state index contributed by atoms with van der Waals surface area (Å²) in [7, 11) is 0. The summed E-state index contributed by atoms with van der Waals surface area (Å²) in [5.74, 6) is -0.102. The number of phenols is 1. The molecule has 0 atom stereocenters. The molecule has 2 N–H and O–H groups in total. The summed E-state index contributed by atoms with van der Waals surface area (Å²) in [4.78, 5) is 26.1. The number of para-hydroxylation sites is 1. The number of fused-ring (bicyclic) bond motifs is 1. The van der Waals surface area contributed by atoms with Crippen LogP contribution in [0.1, 0.15) is 26.3 Å². The molecule has 0 fully saturated rings. The first-order chi connectivity index (χ1) is 13.7. The fourth-order valence-corrected chi connectivity index (χ4v) is 3.91. The molecule has 1 heterocycles. The van der Waals surface area contributed by atoms with Gasteiger partial charge in [0.15, 0.2) is 0 Å². The average molecular weight is 454 g/mol. The van der Waals surface area contributed by atoms with Crippen LogP contribution < -0.4 is 11.4 Å². The van der Waals surface area contributed by atoms with Crippen LogP contribution in [0.15, 0.2) is 68.7 Å². The molecule has 0 amide bonds. The van der Waals surface area contributed by atoms with Gasteiger partial charge in [0.25, 0.3) is 0 Å². The molecule has 148 valence electrons. The van der Waals surface area contributed by atoms with Gasteiger partial charge >= 0.3 is 11.4 Å². The predicted octanol–water partition coefficient (Wildman–Crippen LogP) is 4.24. The maximum absolute atomic E-state index is 13.3. The topological polar surface area (TPSA) is 80.0 Å². The van der Waals surface area contributed by atoms with Crippen LogP contribution in [-0.2, 0) is 5.41 Å². The molecule has 0 saturated carbocycles. The Morgan fingerprint density at radius 3 is 2.41 bits per heavy atom. The van der Waals surface area contributed by atoms with Gasteiger partial charge in [-0.15, -0.1) is 0 Å². The summed E-state index contributed by atoms with van der Waals surface area (Å²) in [6.07, 6.45) is 0. The molecular weight excluding hydrogens is 434 g/mol. The monoisotopic (exact) mass is 453 g/mol. The number of aromatic nitrogens is 3. The lowest BCUT2D eigenvalue weighted by atomic mass is 9.86.